The molecule has 20 heavy (non-hydrogen) atoms. The number of hydrogen-bond donors (Lipinski definition) is 1. The summed E-state index contributed by atoms with van der Waals surface area (Å²) in [6, 6.07) is 13.7. The van der Waals surface area contributed by atoms with E-state index >= 15 is 0 Å². The Labute approximate surface area is 117 Å². The molecule has 0 bridgehead atoms. The SMILES string of the molecule is CC(CCc1ccccc1)Nc1cccnc1[N+](=O)[O-]. The van der Waals surface area contributed by atoms with E-state index in [1.165, 1.54) is 11.8 Å². The van der Waals surface area contributed by atoms with Gasteiger partial charge in [-0.15, -0.1) is 0 Å². The predicted octanol–water partition coefficient (Wildman–Crippen LogP) is 3.42. The summed E-state index contributed by atoms with van der Waals surface area (Å²) in [6.45, 7) is 2.01. The number of aryl methyl sites for hydroxylation is 1. The molecule has 2 aromatic rings. The Hall–Kier alpha value is -2.43. The van der Waals surface area contributed by atoms with E-state index in [1.807, 2.05) is 25.1 Å². The molecule has 0 aliphatic heterocycles. The van der Waals surface area contributed by atoms with Crippen LogP contribution in [0.15, 0.2) is 48.7 Å². The molecule has 0 fully saturated rings. The van der Waals surface area contributed by atoms with Crippen molar-refractivity contribution >= 4 is 11.5 Å². The van der Waals surface area contributed by atoms with Crippen LogP contribution in [0, 0.1) is 10.1 Å². The Bertz CT molecular complexity index is 572. The molecule has 0 saturated heterocycles. The highest BCUT2D eigenvalue weighted by molar-refractivity contribution is 5.57. The van der Waals surface area contributed by atoms with Gasteiger partial charge in [-0.05, 0) is 47.4 Å². The summed E-state index contributed by atoms with van der Waals surface area (Å²) < 4.78 is 0. The topological polar surface area (TPSA) is 68.1 Å². The molecule has 0 spiro atoms. The standard InChI is InChI=1S/C15H17N3O2/c1-12(9-10-13-6-3-2-4-7-13)17-14-8-5-11-16-15(14)18(19)20/h2-8,11-12,17H,9-10H2,1H3. The van der Waals surface area contributed by atoms with Crippen molar-refractivity contribution in [2.45, 2.75) is 25.8 Å². The van der Waals surface area contributed by atoms with E-state index in [1.54, 1.807) is 12.1 Å². The van der Waals surface area contributed by atoms with E-state index in [2.05, 4.69) is 22.4 Å². The van der Waals surface area contributed by atoms with Gasteiger partial charge in [-0.25, -0.2) is 0 Å². The normalized spacial score (nSPS) is 11.8. The van der Waals surface area contributed by atoms with Crippen LogP contribution < -0.4 is 5.32 Å². The van der Waals surface area contributed by atoms with Crippen LogP contribution >= 0.6 is 0 Å². The number of nitrogens with zero attached hydrogens (tertiary/aromatic N) is 2. The van der Waals surface area contributed by atoms with Gasteiger partial charge in [0.25, 0.3) is 0 Å². The summed E-state index contributed by atoms with van der Waals surface area (Å²) >= 11 is 0. The number of pyridine rings is 1. The second-order valence-electron chi connectivity index (χ2n) is 4.70. The maximum absolute atomic E-state index is 10.9. The molecule has 5 heteroatoms. The highest BCUT2D eigenvalue weighted by atomic mass is 16.6. The summed E-state index contributed by atoms with van der Waals surface area (Å²) in [6.07, 6.45) is 3.26. The average molecular weight is 271 g/mol. The van der Waals surface area contributed by atoms with Gasteiger partial charge < -0.3 is 15.4 Å². The van der Waals surface area contributed by atoms with Crippen molar-refractivity contribution in [3.05, 3.63) is 64.3 Å². The van der Waals surface area contributed by atoms with E-state index in [4.69, 9.17) is 0 Å². The summed E-state index contributed by atoms with van der Waals surface area (Å²) in [5.74, 6) is -0.126. The lowest BCUT2D eigenvalue weighted by molar-refractivity contribution is -0.388. The van der Waals surface area contributed by atoms with Gasteiger partial charge in [0, 0.05) is 6.04 Å². The van der Waals surface area contributed by atoms with Gasteiger partial charge in [0.15, 0.2) is 0 Å². The summed E-state index contributed by atoms with van der Waals surface area (Å²) in [5, 5.41) is 14.0. The maximum atomic E-state index is 10.9. The molecule has 0 aliphatic rings. The number of aromatic nitrogens is 1. The first-order chi connectivity index (χ1) is 9.66. The predicted molar refractivity (Wildman–Crippen MR) is 78.7 cm³/mol. The van der Waals surface area contributed by atoms with Crippen molar-refractivity contribution in [2.24, 2.45) is 0 Å². The molecule has 1 aromatic heterocycles. The van der Waals surface area contributed by atoms with Crippen molar-refractivity contribution in [3.63, 3.8) is 0 Å². The quantitative estimate of drug-likeness (QED) is 0.645. The first-order valence-electron chi connectivity index (χ1n) is 6.56. The molecule has 1 aromatic carbocycles. The fourth-order valence-corrected chi connectivity index (χ4v) is 2.02. The Morgan fingerprint density at radius 3 is 2.70 bits per heavy atom. The van der Waals surface area contributed by atoms with Gasteiger partial charge in [0.2, 0.25) is 0 Å². The lowest BCUT2D eigenvalue weighted by atomic mass is 10.1. The Morgan fingerprint density at radius 2 is 2.00 bits per heavy atom. The number of nitrogens with one attached hydrogen (secondary N) is 1. The fourth-order valence-electron chi connectivity index (χ4n) is 2.02. The van der Waals surface area contributed by atoms with Crippen molar-refractivity contribution in [2.75, 3.05) is 5.32 Å². The Kier molecular flexibility index (Phi) is 4.65. The molecule has 5 nitrogen and oxygen atoms in total. The van der Waals surface area contributed by atoms with Crippen molar-refractivity contribution in [3.8, 4) is 0 Å². The van der Waals surface area contributed by atoms with E-state index < -0.39 is 4.92 Å². The van der Waals surface area contributed by atoms with Crippen molar-refractivity contribution in [1.29, 1.82) is 0 Å². The van der Waals surface area contributed by atoms with Crippen LogP contribution in [0.5, 0.6) is 0 Å². The molecule has 0 saturated carbocycles. The van der Waals surface area contributed by atoms with E-state index in [0.29, 0.717) is 5.69 Å². The van der Waals surface area contributed by atoms with E-state index in [0.717, 1.165) is 12.8 Å². The molecule has 0 radical (unpaired) electrons. The van der Waals surface area contributed by atoms with Gasteiger partial charge in [-0.1, -0.05) is 30.3 Å². The van der Waals surface area contributed by atoms with E-state index in [9.17, 15) is 10.1 Å². The third-order valence-electron chi connectivity index (χ3n) is 3.07. The van der Waals surface area contributed by atoms with Gasteiger partial charge in [-0.2, -0.15) is 0 Å². The number of benzene rings is 1. The highest BCUT2D eigenvalue weighted by Crippen LogP contribution is 2.21. The first kappa shape index (κ1) is 14.0. The molecular weight excluding hydrogens is 254 g/mol. The van der Waals surface area contributed by atoms with Crippen LogP contribution in [0.1, 0.15) is 18.9 Å². The second-order valence-corrected chi connectivity index (χ2v) is 4.70. The molecule has 1 unspecified atom stereocenters. The molecule has 0 amide bonds. The lowest BCUT2D eigenvalue weighted by Gasteiger charge is -2.14. The molecule has 1 N–H and O–H groups in total. The van der Waals surface area contributed by atoms with E-state index in [-0.39, 0.29) is 11.9 Å². The Balaban J connectivity index is 1.95. The molecule has 104 valence electrons. The maximum Gasteiger partial charge on any atom is 0.386 e. The van der Waals surface area contributed by atoms with Crippen LogP contribution in [0.3, 0.4) is 0 Å². The zero-order chi connectivity index (χ0) is 14.4. The smallest absolute Gasteiger partial charge is 0.376 e. The highest BCUT2D eigenvalue weighted by Gasteiger charge is 2.15. The lowest BCUT2D eigenvalue weighted by Crippen LogP contribution is -2.17. The van der Waals surface area contributed by atoms with Crippen LogP contribution in [0.4, 0.5) is 11.5 Å². The van der Waals surface area contributed by atoms with Crippen molar-refractivity contribution < 1.29 is 4.92 Å². The minimum Gasteiger partial charge on any atom is -0.376 e. The second kappa shape index (κ2) is 6.65. The van der Waals surface area contributed by atoms with Gasteiger partial charge in [0.05, 0.1) is 0 Å². The molecule has 1 atom stereocenters. The zero-order valence-electron chi connectivity index (χ0n) is 11.3. The molecule has 2 rings (SSSR count). The zero-order valence-corrected chi connectivity index (χ0v) is 11.3. The average Bonchev–Trinajstić information content (AvgIpc) is 2.46. The fraction of sp³-hybridized carbons (Fsp3) is 0.267. The third-order valence-corrected chi connectivity index (χ3v) is 3.07. The van der Waals surface area contributed by atoms with Crippen LogP contribution in [0.2, 0.25) is 0 Å². The third kappa shape index (κ3) is 3.78. The van der Waals surface area contributed by atoms with Crippen LogP contribution in [-0.2, 0) is 6.42 Å². The van der Waals surface area contributed by atoms with Crippen molar-refractivity contribution in [1.82, 2.24) is 4.98 Å². The number of rotatable bonds is 6. The largest absolute Gasteiger partial charge is 0.386 e. The molecular formula is C15H17N3O2. The number of anilines is 1. The number of nitro groups is 1. The summed E-state index contributed by atoms with van der Waals surface area (Å²) in [5.41, 5.74) is 1.74. The van der Waals surface area contributed by atoms with Crippen LogP contribution in [0.25, 0.3) is 0 Å². The number of hydrogen-bond acceptors (Lipinski definition) is 4. The van der Waals surface area contributed by atoms with Gasteiger partial charge in [-0.3, -0.25) is 0 Å². The minimum atomic E-state index is -0.466. The molecule has 0 aliphatic carbocycles. The van der Waals surface area contributed by atoms with Crippen LogP contribution in [-0.4, -0.2) is 15.9 Å². The molecule has 1 heterocycles. The van der Waals surface area contributed by atoms with Gasteiger partial charge in [0.1, 0.15) is 11.9 Å². The van der Waals surface area contributed by atoms with Gasteiger partial charge >= 0.3 is 5.82 Å². The Morgan fingerprint density at radius 1 is 1.25 bits per heavy atom. The minimum absolute atomic E-state index is 0.126. The summed E-state index contributed by atoms with van der Waals surface area (Å²) in [4.78, 5) is 14.2. The monoisotopic (exact) mass is 271 g/mol. The first-order valence-corrected chi connectivity index (χ1v) is 6.56. The summed E-state index contributed by atoms with van der Waals surface area (Å²) in [7, 11) is 0.